The van der Waals surface area contributed by atoms with Gasteiger partial charge in [0.05, 0.1) is 39.4 Å². The maximum absolute atomic E-state index is 11.1. The van der Waals surface area contributed by atoms with Gasteiger partial charge in [-0.25, -0.2) is 4.98 Å². The van der Waals surface area contributed by atoms with Crippen LogP contribution < -0.4 is 23.8 Å². The summed E-state index contributed by atoms with van der Waals surface area (Å²) in [7, 11) is 6.46. The van der Waals surface area contributed by atoms with Gasteiger partial charge >= 0.3 is 0 Å². The molecule has 10 nitrogen and oxygen atoms in total. The van der Waals surface area contributed by atoms with Crippen molar-refractivity contribution in [1.29, 1.82) is 0 Å². The van der Waals surface area contributed by atoms with E-state index in [1.165, 1.54) is 22.2 Å². The van der Waals surface area contributed by atoms with Crippen LogP contribution in [0.25, 0.3) is 4.96 Å². The van der Waals surface area contributed by atoms with E-state index in [0.717, 1.165) is 48.1 Å². The summed E-state index contributed by atoms with van der Waals surface area (Å²) in [6.45, 7) is 3.21. The fraction of sp³-hybridized carbons (Fsp3) is 0.360. The van der Waals surface area contributed by atoms with Gasteiger partial charge in [0.1, 0.15) is 12.1 Å². The van der Waals surface area contributed by atoms with E-state index in [0.29, 0.717) is 22.2 Å². The molecule has 5 rings (SSSR count). The first-order valence-electron chi connectivity index (χ1n) is 11.5. The number of methoxy groups -OCH3 is 4. The van der Waals surface area contributed by atoms with Crippen LogP contribution in [-0.2, 0) is 0 Å². The quantitative estimate of drug-likeness (QED) is 0.382. The largest absolute Gasteiger partial charge is 0.497 e. The van der Waals surface area contributed by atoms with Gasteiger partial charge in [-0.2, -0.15) is 9.61 Å². The molecule has 0 unspecified atom stereocenters. The Balaban J connectivity index is 1.51. The van der Waals surface area contributed by atoms with Crippen molar-refractivity contribution < 1.29 is 24.1 Å². The van der Waals surface area contributed by atoms with Crippen molar-refractivity contribution >= 4 is 22.0 Å². The first-order chi connectivity index (χ1) is 17.6. The second-order valence-electron chi connectivity index (χ2n) is 8.33. The van der Waals surface area contributed by atoms with Crippen LogP contribution in [-0.4, -0.2) is 79.2 Å². The molecule has 1 aliphatic rings. The molecule has 3 heterocycles. The molecule has 2 aromatic heterocycles. The van der Waals surface area contributed by atoms with Crippen LogP contribution in [0, 0.1) is 0 Å². The molecule has 36 heavy (non-hydrogen) atoms. The van der Waals surface area contributed by atoms with Gasteiger partial charge in [0, 0.05) is 31.9 Å². The van der Waals surface area contributed by atoms with Crippen molar-refractivity contribution in [3.63, 3.8) is 0 Å². The van der Waals surface area contributed by atoms with E-state index >= 15 is 0 Å². The van der Waals surface area contributed by atoms with Gasteiger partial charge < -0.3 is 29.0 Å². The number of aromatic nitrogens is 3. The van der Waals surface area contributed by atoms with Crippen molar-refractivity contribution in [3.05, 3.63) is 53.2 Å². The Morgan fingerprint density at radius 3 is 2.11 bits per heavy atom. The highest BCUT2D eigenvalue weighted by molar-refractivity contribution is 7.17. The highest BCUT2D eigenvalue weighted by atomic mass is 32.1. The van der Waals surface area contributed by atoms with Crippen LogP contribution in [0.1, 0.15) is 16.5 Å². The van der Waals surface area contributed by atoms with E-state index < -0.39 is 0 Å². The minimum absolute atomic E-state index is 0.0869. The lowest BCUT2D eigenvalue weighted by atomic mass is 10.0. The SMILES string of the molecule is COc1ccc(N2CCN([C@H](c3cc(OC)c(OC)c(OC)c3)c3sc4ncnn4c3O)CC2)cc1. The maximum atomic E-state index is 11.1. The molecule has 11 heteroatoms. The summed E-state index contributed by atoms with van der Waals surface area (Å²) >= 11 is 1.42. The molecule has 4 aromatic rings. The molecule has 0 aliphatic carbocycles. The Kier molecular flexibility index (Phi) is 6.75. The zero-order chi connectivity index (χ0) is 25.2. The lowest BCUT2D eigenvalue weighted by Crippen LogP contribution is -2.47. The fourth-order valence-corrected chi connectivity index (χ4v) is 5.78. The molecule has 0 radical (unpaired) electrons. The Morgan fingerprint density at radius 2 is 1.56 bits per heavy atom. The highest BCUT2D eigenvalue weighted by Crippen LogP contribution is 2.45. The van der Waals surface area contributed by atoms with Crippen LogP contribution in [0.4, 0.5) is 5.69 Å². The predicted molar refractivity (Wildman–Crippen MR) is 137 cm³/mol. The van der Waals surface area contributed by atoms with Crippen molar-refractivity contribution in [2.24, 2.45) is 0 Å². The highest BCUT2D eigenvalue weighted by Gasteiger charge is 2.33. The third-order valence-corrected chi connectivity index (χ3v) is 7.59. The summed E-state index contributed by atoms with van der Waals surface area (Å²) in [5.74, 6) is 2.58. The van der Waals surface area contributed by atoms with Crippen LogP contribution in [0.5, 0.6) is 28.9 Å². The molecule has 0 amide bonds. The van der Waals surface area contributed by atoms with E-state index in [-0.39, 0.29) is 11.9 Å². The number of thiazole rings is 1. The Labute approximate surface area is 213 Å². The first kappa shape index (κ1) is 24.0. The summed E-state index contributed by atoms with van der Waals surface area (Å²) < 4.78 is 23.6. The summed E-state index contributed by atoms with van der Waals surface area (Å²) in [6, 6.07) is 11.7. The van der Waals surface area contributed by atoms with Crippen LogP contribution >= 0.6 is 11.3 Å². The van der Waals surface area contributed by atoms with Gasteiger partial charge in [-0.3, -0.25) is 4.90 Å². The predicted octanol–water partition coefficient (Wildman–Crippen LogP) is 3.44. The summed E-state index contributed by atoms with van der Waals surface area (Å²) in [5.41, 5.74) is 2.07. The minimum Gasteiger partial charge on any atom is -0.497 e. The van der Waals surface area contributed by atoms with E-state index in [1.54, 1.807) is 28.4 Å². The zero-order valence-corrected chi connectivity index (χ0v) is 21.5. The van der Waals surface area contributed by atoms with E-state index in [2.05, 4.69) is 32.0 Å². The van der Waals surface area contributed by atoms with Gasteiger partial charge in [0.15, 0.2) is 11.5 Å². The van der Waals surface area contributed by atoms with Gasteiger partial charge in [-0.05, 0) is 42.0 Å². The third kappa shape index (κ3) is 4.24. The standard InChI is InChI=1S/C25H29N5O5S/c1-32-18-7-5-17(6-8-18)28-9-11-29(12-10-28)21(23-24(31)30-25(36-23)26-15-27-30)16-13-19(33-2)22(35-4)20(14-16)34-3/h5-8,13-15,21,31H,9-12H2,1-4H3/t21-/m1/s1. The van der Waals surface area contributed by atoms with Crippen LogP contribution in [0.3, 0.4) is 0 Å². The van der Waals surface area contributed by atoms with Gasteiger partial charge in [-0.15, -0.1) is 0 Å². The molecule has 1 aliphatic heterocycles. The van der Waals surface area contributed by atoms with Crippen LogP contribution in [0.2, 0.25) is 0 Å². The molecule has 1 atom stereocenters. The molecule has 190 valence electrons. The summed E-state index contributed by atoms with van der Waals surface area (Å²) in [4.78, 5) is 10.4. The molecule has 1 saturated heterocycles. The Bertz CT molecular complexity index is 1310. The molecule has 0 spiro atoms. The summed E-state index contributed by atoms with van der Waals surface area (Å²) in [5, 5.41) is 15.3. The number of piperazine rings is 1. The second kappa shape index (κ2) is 10.1. The van der Waals surface area contributed by atoms with Crippen molar-refractivity contribution in [2.75, 3.05) is 59.5 Å². The normalized spacial score (nSPS) is 15.2. The van der Waals surface area contributed by atoms with Gasteiger partial charge in [0.25, 0.3) is 0 Å². The third-order valence-electron chi connectivity index (χ3n) is 6.51. The number of anilines is 1. The minimum atomic E-state index is -0.259. The smallest absolute Gasteiger partial charge is 0.230 e. The Morgan fingerprint density at radius 1 is 0.889 bits per heavy atom. The first-order valence-corrected chi connectivity index (χ1v) is 12.3. The average molecular weight is 512 g/mol. The topological polar surface area (TPSA) is 93.8 Å². The number of nitrogens with zero attached hydrogens (tertiary/aromatic N) is 5. The number of hydrogen-bond donors (Lipinski definition) is 1. The fourth-order valence-electron chi connectivity index (χ4n) is 4.69. The molecule has 2 aromatic carbocycles. The van der Waals surface area contributed by atoms with E-state index in [1.807, 2.05) is 24.3 Å². The number of rotatable bonds is 8. The molecule has 1 fully saturated rings. The van der Waals surface area contributed by atoms with E-state index in [9.17, 15) is 5.11 Å². The van der Waals surface area contributed by atoms with Gasteiger partial charge in [0.2, 0.25) is 16.6 Å². The molecule has 0 bridgehead atoms. The van der Waals surface area contributed by atoms with Crippen molar-refractivity contribution in [1.82, 2.24) is 19.5 Å². The second-order valence-corrected chi connectivity index (χ2v) is 9.34. The Hall–Kier alpha value is -3.70. The lowest BCUT2D eigenvalue weighted by molar-refractivity contribution is 0.210. The van der Waals surface area contributed by atoms with Crippen molar-refractivity contribution in [2.45, 2.75) is 6.04 Å². The monoisotopic (exact) mass is 511 g/mol. The number of fused-ring (bicyclic) bond motifs is 1. The lowest BCUT2D eigenvalue weighted by Gasteiger charge is -2.40. The van der Waals surface area contributed by atoms with Gasteiger partial charge in [-0.1, -0.05) is 11.3 Å². The molecule has 1 N–H and O–H groups in total. The number of aromatic hydroxyl groups is 1. The van der Waals surface area contributed by atoms with Crippen LogP contribution in [0.15, 0.2) is 42.7 Å². The zero-order valence-electron chi connectivity index (χ0n) is 20.7. The van der Waals surface area contributed by atoms with E-state index in [4.69, 9.17) is 18.9 Å². The average Bonchev–Trinajstić information content (AvgIpc) is 3.51. The summed E-state index contributed by atoms with van der Waals surface area (Å²) in [6.07, 6.45) is 1.44. The molecule has 0 saturated carbocycles. The molecular weight excluding hydrogens is 482 g/mol. The maximum Gasteiger partial charge on any atom is 0.230 e. The van der Waals surface area contributed by atoms with Crippen molar-refractivity contribution in [3.8, 4) is 28.9 Å². The number of benzene rings is 2. The number of hydrogen-bond acceptors (Lipinski definition) is 10. The molecular formula is C25H29N5O5S. The number of ether oxygens (including phenoxy) is 4.